The van der Waals surface area contributed by atoms with E-state index in [-0.39, 0.29) is 11.6 Å². The molecule has 0 amide bonds. The van der Waals surface area contributed by atoms with E-state index in [4.69, 9.17) is 0 Å². The first-order chi connectivity index (χ1) is 13.4. The molecule has 3 rings (SSSR count). The molecule has 7 heteroatoms. The molecule has 0 saturated carbocycles. The highest BCUT2D eigenvalue weighted by Gasteiger charge is 2.25. The minimum absolute atomic E-state index is 0.0468. The van der Waals surface area contributed by atoms with Crippen LogP contribution in [0.25, 0.3) is 12.2 Å². The predicted octanol–water partition coefficient (Wildman–Crippen LogP) is 4.49. The van der Waals surface area contributed by atoms with Crippen LogP contribution in [0, 0.1) is 13.8 Å². The fourth-order valence-electron chi connectivity index (χ4n) is 3.06. The fourth-order valence-corrected chi connectivity index (χ4v) is 3.85. The molecule has 1 unspecified atom stereocenters. The summed E-state index contributed by atoms with van der Waals surface area (Å²) in [6, 6.07) is 9.90. The van der Waals surface area contributed by atoms with Crippen molar-refractivity contribution in [2.75, 3.05) is 0 Å². The molecule has 2 aromatic heterocycles. The summed E-state index contributed by atoms with van der Waals surface area (Å²) < 4.78 is 0. The number of aryl methyl sites for hydroxylation is 1. The molecule has 0 saturated heterocycles. The van der Waals surface area contributed by atoms with E-state index < -0.39 is 5.25 Å². The van der Waals surface area contributed by atoms with Crippen LogP contribution in [0.4, 0.5) is 0 Å². The Morgan fingerprint density at radius 3 is 2.50 bits per heavy atom. The number of nitrogens with zero attached hydrogens (tertiary/aromatic N) is 2. The lowest BCUT2D eigenvalue weighted by molar-refractivity contribution is 0.0988. The van der Waals surface area contributed by atoms with Crippen molar-refractivity contribution < 1.29 is 9.59 Å². The van der Waals surface area contributed by atoms with Gasteiger partial charge in [-0.3, -0.25) is 14.7 Å². The Labute approximate surface area is 167 Å². The molecular formula is C21H22N4O2S. The Morgan fingerprint density at radius 1 is 1.14 bits per heavy atom. The molecule has 2 N–H and O–H groups in total. The van der Waals surface area contributed by atoms with Gasteiger partial charge in [-0.1, -0.05) is 48.2 Å². The first-order valence-corrected chi connectivity index (χ1v) is 9.81. The van der Waals surface area contributed by atoms with Crippen molar-refractivity contribution in [2.45, 2.75) is 38.1 Å². The van der Waals surface area contributed by atoms with Crippen LogP contribution in [0.3, 0.4) is 0 Å². The highest BCUT2D eigenvalue weighted by molar-refractivity contribution is 8.00. The number of Topliss-reactive ketones (excluding diaryl/α,β-unsaturated/α-hetero) is 2. The number of hydrogen-bond acceptors (Lipinski definition) is 5. The Kier molecular flexibility index (Phi) is 5.94. The van der Waals surface area contributed by atoms with Crippen molar-refractivity contribution in [3.05, 3.63) is 64.2 Å². The number of nitrogens with one attached hydrogen (secondary N) is 2. The van der Waals surface area contributed by atoms with Gasteiger partial charge in [0.15, 0.2) is 11.6 Å². The summed E-state index contributed by atoms with van der Waals surface area (Å²) in [5, 5.41) is 7.15. The third-order valence-corrected chi connectivity index (χ3v) is 5.36. The number of benzene rings is 1. The maximum absolute atomic E-state index is 12.8. The molecule has 0 bridgehead atoms. The summed E-state index contributed by atoms with van der Waals surface area (Å²) in [4.78, 5) is 32.1. The molecule has 144 valence electrons. The first-order valence-electron chi connectivity index (χ1n) is 8.93. The van der Waals surface area contributed by atoms with E-state index in [0.29, 0.717) is 27.8 Å². The van der Waals surface area contributed by atoms with Crippen molar-refractivity contribution in [1.82, 2.24) is 20.2 Å². The Hall–Kier alpha value is -2.93. The molecular weight excluding hydrogens is 372 g/mol. The smallest absolute Gasteiger partial charge is 0.209 e. The standard InChI is InChI=1S/C21H22N4O2S/c1-12-18(14(3)26)13(2)22-19(12)20(27)15(4)28-21-23-17(24-25-21)11-10-16-8-6-5-7-9-16/h5-11,15,22H,1-4H3,(H,23,24,25)/b11-10+. The molecule has 0 aliphatic heterocycles. The quantitative estimate of drug-likeness (QED) is 0.455. The predicted molar refractivity (Wildman–Crippen MR) is 112 cm³/mol. The number of aromatic nitrogens is 4. The molecule has 28 heavy (non-hydrogen) atoms. The lowest BCUT2D eigenvalue weighted by Crippen LogP contribution is -2.15. The van der Waals surface area contributed by atoms with Gasteiger partial charge >= 0.3 is 0 Å². The van der Waals surface area contributed by atoms with E-state index in [1.54, 1.807) is 13.8 Å². The molecule has 2 heterocycles. The number of ketones is 2. The van der Waals surface area contributed by atoms with Crippen molar-refractivity contribution in [1.29, 1.82) is 0 Å². The lowest BCUT2D eigenvalue weighted by atomic mass is 10.0. The number of hydrogen-bond donors (Lipinski definition) is 2. The Morgan fingerprint density at radius 2 is 1.86 bits per heavy atom. The maximum Gasteiger partial charge on any atom is 0.209 e. The van der Waals surface area contributed by atoms with Crippen LogP contribution in [-0.2, 0) is 0 Å². The van der Waals surface area contributed by atoms with Gasteiger partial charge in [-0.15, -0.1) is 5.10 Å². The average molecular weight is 395 g/mol. The minimum atomic E-state index is -0.390. The number of carbonyl (C=O) groups excluding carboxylic acids is 2. The van der Waals surface area contributed by atoms with E-state index in [1.165, 1.54) is 18.7 Å². The number of aromatic amines is 2. The van der Waals surface area contributed by atoms with Crippen molar-refractivity contribution in [2.24, 2.45) is 0 Å². The molecule has 0 radical (unpaired) electrons. The van der Waals surface area contributed by atoms with Gasteiger partial charge in [0.1, 0.15) is 5.82 Å². The van der Waals surface area contributed by atoms with Gasteiger partial charge in [0.2, 0.25) is 5.16 Å². The molecule has 0 spiro atoms. The summed E-state index contributed by atoms with van der Waals surface area (Å²) in [6.07, 6.45) is 3.79. The number of H-pyrrole nitrogens is 2. The molecule has 0 fully saturated rings. The SMILES string of the molecule is CC(=O)c1c(C)[nH]c(C(=O)C(C)Sc2n[nH]c(/C=C/c3ccccc3)n2)c1C. The fraction of sp³-hybridized carbons (Fsp3) is 0.238. The van der Waals surface area contributed by atoms with E-state index >= 15 is 0 Å². The van der Waals surface area contributed by atoms with Crippen LogP contribution in [0.5, 0.6) is 0 Å². The molecule has 0 aliphatic rings. The lowest BCUT2D eigenvalue weighted by Gasteiger charge is -2.07. The summed E-state index contributed by atoms with van der Waals surface area (Å²) in [5.74, 6) is 0.496. The second kappa shape index (κ2) is 8.39. The van der Waals surface area contributed by atoms with Crippen molar-refractivity contribution in [3.63, 3.8) is 0 Å². The zero-order valence-corrected chi connectivity index (χ0v) is 17.1. The Balaban J connectivity index is 1.70. The first kappa shape index (κ1) is 19.8. The van der Waals surface area contributed by atoms with Gasteiger partial charge in [-0.05, 0) is 44.9 Å². The monoisotopic (exact) mass is 394 g/mol. The molecule has 1 aromatic carbocycles. The maximum atomic E-state index is 12.8. The summed E-state index contributed by atoms with van der Waals surface area (Å²) in [6.45, 7) is 6.92. The van der Waals surface area contributed by atoms with Crippen LogP contribution in [0.2, 0.25) is 0 Å². The van der Waals surface area contributed by atoms with Gasteiger partial charge in [0, 0.05) is 11.3 Å². The molecule has 0 aliphatic carbocycles. The number of carbonyl (C=O) groups is 2. The largest absolute Gasteiger partial charge is 0.355 e. The number of thioether (sulfide) groups is 1. The van der Waals surface area contributed by atoms with E-state index in [1.807, 2.05) is 49.4 Å². The van der Waals surface area contributed by atoms with Gasteiger partial charge in [0.25, 0.3) is 0 Å². The highest BCUT2D eigenvalue weighted by atomic mass is 32.2. The minimum Gasteiger partial charge on any atom is -0.355 e. The van der Waals surface area contributed by atoms with Gasteiger partial charge < -0.3 is 4.98 Å². The van der Waals surface area contributed by atoms with Crippen LogP contribution in [0.1, 0.15) is 57.3 Å². The average Bonchev–Trinajstić information content (AvgIpc) is 3.23. The van der Waals surface area contributed by atoms with Crippen LogP contribution >= 0.6 is 11.8 Å². The summed E-state index contributed by atoms with van der Waals surface area (Å²) in [5.41, 5.74) is 3.55. The number of rotatable bonds is 7. The molecule has 6 nitrogen and oxygen atoms in total. The van der Waals surface area contributed by atoms with Gasteiger partial charge in [-0.25, -0.2) is 4.98 Å². The van der Waals surface area contributed by atoms with Crippen molar-refractivity contribution in [3.8, 4) is 0 Å². The zero-order valence-electron chi connectivity index (χ0n) is 16.2. The Bertz CT molecular complexity index is 1030. The van der Waals surface area contributed by atoms with E-state index in [9.17, 15) is 9.59 Å². The normalized spacial score (nSPS) is 12.4. The highest BCUT2D eigenvalue weighted by Crippen LogP contribution is 2.26. The topological polar surface area (TPSA) is 91.5 Å². The van der Waals surface area contributed by atoms with E-state index in [0.717, 1.165) is 11.3 Å². The van der Waals surface area contributed by atoms with E-state index in [2.05, 4.69) is 20.2 Å². The summed E-state index contributed by atoms with van der Waals surface area (Å²) in [7, 11) is 0. The molecule has 3 aromatic rings. The molecule has 1 atom stereocenters. The third-order valence-electron chi connectivity index (χ3n) is 4.40. The van der Waals surface area contributed by atoms with Crippen molar-refractivity contribution >= 4 is 35.5 Å². The zero-order chi connectivity index (χ0) is 20.3. The van der Waals surface area contributed by atoms with Crippen LogP contribution < -0.4 is 0 Å². The second-order valence-electron chi connectivity index (χ2n) is 6.55. The third kappa shape index (κ3) is 4.31. The second-order valence-corrected chi connectivity index (χ2v) is 7.86. The van der Waals surface area contributed by atoms with Crippen LogP contribution in [-0.4, -0.2) is 37.0 Å². The van der Waals surface area contributed by atoms with Crippen LogP contribution in [0.15, 0.2) is 35.5 Å². The van der Waals surface area contributed by atoms with Gasteiger partial charge in [-0.2, -0.15) is 0 Å². The summed E-state index contributed by atoms with van der Waals surface area (Å²) >= 11 is 1.28. The van der Waals surface area contributed by atoms with Gasteiger partial charge in [0.05, 0.1) is 10.9 Å².